The number of anilines is 1. The van der Waals surface area contributed by atoms with E-state index in [0.717, 1.165) is 5.56 Å². The number of rotatable bonds is 4. The molecule has 0 aliphatic rings. The number of hydrogen-bond donors (Lipinski definition) is 1. The molecule has 0 saturated heterocycles. The summed E-state index contributed by atoms with van der Waals surface area (Å²) in [5, 5.41) is 17.9. The number of nitrogens with zero attached hydrogens (tertiary/aromatic N) is 2. The third-order valence-electron chi connectivity index (χ3n) is 2.43. The van der Waals surface area contributed by atoms with Crippen LogP contribution in [0.25, 0.3) is 0 Å². The minimum absolute atomic E-state index is 0.0318. The summed E-state index contributed by atoms with van der Waals surface area (Å²) in [7, 11) is 0. The zero-order valence-electron chi connectivity index (χ0n) is 9.46. The molecular formula is C11H10BrN3O2S. The van der Waals surface area contributed by atoms with Crippen molar-refractivity contribution in [3.8, 4) is 0 Å². The summed E-state index contributed by atoms with van der Waals surface area (Å²) in [6.07, 6.45) is 1.24. The van der Waals surface area contributed by atoms with Gasteiger partial charge in [0.15, 0.2) is 0 Å². The Hall–Kier alpha value is -1.47. The summed E-state index contributed by atoms with van der Waals surface area (Å²) < 4.78 is 0.582. The van der Waals surface area contributed by atoms with Crippen LogP contribution in [0.15, 0.2) is 33.6 Å². The van der Waals surface area contributed by atoms with Crippen LogP contribution in [0.1, 0.15) is 18.5 Å². The van der Waals surface area contributed by atoms with Crippen LogP contribution < -0.4 is 5.32 Å². The van der Waals surface area contributed by atoms with Gasteiger partial charge in [0.1, 0.15) is 12.0 Å². The van der Waals surface area contributed by atoms with Gasteiger partial charge >= 0.3 is 0 Å². The van der Waals surface area contributed by atoms with E-state index in [-0.39, 0.29) is 11.7 Å². The van der Waals surface area contributed by atoms with Gasteiger partial charge in [-0.2, -0.15) is 11.3 Å². The maximum Gasteiger partial charge on any atom is 0.288 e. The Labute approximate surface area is 116 Å². The molecule has 1 atom stereocenters. The highest BCUT2D eigenvalue weighted by molar-refractivity contribution is 9.10. The molecule has 1 N–H and O–H groups in total. The predicted octanol–water partition coefficient (Wildman–Crippen LogP) is 3.99. The Morgan fingerprint density at radius 3 is 2.94 bits per heavy atom. The highest BCUT2D eigenvalue weighted by atomic mass is 79.9. The largest absolute Gasteiger partial charge is 0.363 e. The third kappa shape index (κ3) is 2.85. The van der Waals surface area contributed by atoms with Crippen molar-refractivity contribution in [1.82, 2.24) is 4.98 Å². The summed E-state index contributed by atoms with van der Waals surface area (Å²) >= 11 is 4.91. The molecule has 0 aliphatic carbocycles. The summed E-state index contributed by atoms with van der Waals surface area (Å²) in [5.74, 6) is 0.597. The van der Waals surface area contributed by atoms with Crippen molar-refractivity contribution in [1.29, 1.82) is 0 Å². The van der Waals surface area contributed by atoms with Gasteiger partial charge in [-0.25, -0.2) is 4.98 Å². The number of pyridine rings is 1. The molecule has 18 heavy (non-hydrogen) atoms. The van der Waals surface area contributed by atoms with E-state index < -0.39 is 4.92 Å². The molecule has 0 bridgehead atoms. The van der Waals surface area contributed by atoms with Gasteiger partial charge in [-0.3, -0.25) is 10.1 Å². The Balaban J connectivity index is 2.17. The molecule has 2 aromatic rings. The zero-order valence-corrected chi connectivity index (χ0v) is 11.9. The Morgan fingerprint density at radius 2 is 2.39 bits per heavy atom. The molecule has 94 valence electrons. The fourth-order valence-corrected chi connectivity index (χ4v) is 2.65. The zero-order chi connectivity index (χ0) is 13.1. The van der Waals surface area contributed by atoms with Crippen molar-refractivity contribution in [3.63, 3.8) is 0 Å². The van der Waals surface area contributed by atoms with Crippen molar-refractivity contribution < 1.29 is 4.92 Å². The van der Waals surface area contributed by atoms with Crippen molar-refractivity contribution in [2.24, 2.45) is 0 Å². The molecule has 7 heteroatoms. The van der Waals surface area contributed by atoms with E-state index in [1.165, 1.54) is 12.3 Å². The fourth-order valence-electron chi connectivity index (χ4n) is 1.44. The first-order valence-electron chi connectivity index (χ1n) is 5.16. The predicted molar refractivity (Wildman–Crippen MR) is 74.9 cm³/mol. The van der Waals surface area contributed by atoms with Gasteiger partial charge in [-0.15, -0.1) is 0 Å². The SMILES string of the molecule is CC(Nc1ncc([N+](=O)[O-])cc1Br)c1ccsc1. The van der Waals surface area contributed by atoms with E-state index in [1.807, 2.05) is 18.4 Å². The van der Waals surface area contributed by atoms with Gasteiger partial charge < -0.3 is 5.32 Å². The molecule has 1 unspecified atom stereocenters. The summed E-state index contributed by atoms with van der Waals surface area (Å²) in [6, 6.07) is 3.57. The molecule has 0 spiro atoms. The molecule has 0 aromatic carbocycles. The first-order valence-corrected chi connectivity index (χ1v) is 6.90. The van der Waals surface area contributed by atoms with Gasteiger partial charge in [0.2, 0.25) is 0 Å². The molecule has 0 amide bonds. The molecular weight excluding hydrogens is 318 g/mol. The number of thiophene rings is 1. The van der Waals surface area contributed by atoms with Crippen LogP contribution in [0.2, 0.25) is 0 Å². The van der Waals surface area contributed by atoms with E-state index in [2.05, 4.69) is 31.6 Å². The minimum Gasteiger partial charge on any atom is -0.363 e. The number of aromatic nitrogens is 1. The van der Waals surface area contributed by atoms with Crippen LogP contribution >= 0.6 is 27.3 Å². The second kappa shape index (κ2) is 5.45. The smallest absolute Gasteiger partial charge is 0.288 e. The third-order valence-corrected chi connectivity index (χ3v) is 3.74. The Morgan fingerprint density at radius 1 is 1.61 bits per heavy atom. The van der Waals surface area contributed by atoms with E-state index in [1.54, 1.807) is 11.3 Å². The maximum atomic E-state index is 10.6. The molecule has 5 nitrogen and oxygen atoms in total. The Kier molecular flexibility index (Phi) is 3.93. The highest BCUT2D eigenvalue weighted by Crippen LogP contribution is 2.28. The average Bonchev–Trinajstić information content (AvgIpc) is 2.85. The summed E-state index contributed by atoms with van der Waals surface area (Å²) in [6.45, 7) is 2.01. The molecule has 0 saturated carbocycles. The lowest BCUT2D eigenvalue weighted by Gasteiger charge is -2.14. The first-order chi connectivity index (χ1) is 8.58. The van der Waals surface area contributed by atoms with Crippen LogP contribution in [0.5, 0.6) is 0 Å². The van der Waals surface area contributed by atoms with Crippen molar-refractivity contribution in [2.45, 2.75) is 13.0 Å². The number of hydrogen-bond acceptors (Lipinski definition) is 5. The summed E-state index contributed by atoms with van der Waals surface area (Å²) in [4.78, 5) is 14.2. The quantitative estimate of drug-likeness (QED) is 0.681. The van der Waals surface area contributed by atoms with Gasteiger partial charge in [0.25, 0.3) is 5.69 Å². The normalized spacial score (nSPS) is 12.1. The lowest BCUT2D eigenvalue weighted by molar-refractivity contribution is -0.385. The first kappa shape index (κ1) is 13.0. The lowest BCUT2D eigenvalue weighted by atomic mass is 10.2. The molecule has 0 fully saturated rings. The van der Waals surface area contributed by atoms with E-state index >= 15 is 0 Å². The highest BCUT2D eigenvalue weighted by Gasteiger charge is 2.13. The van der Waals surface area contributed by atoms with Crippen LogP contribution in [0.3, 0.4) is 0 Å². The van der Waals surface area contributed by atoms with Crippen LogP contribution in [-0.2, 0) is 0 Å². The Bertz CT molecular complexity index is 559. The second-order valence-corrected chi connectivity index (χ2v) is 5.34. The lowest BCUT2D eigenvalue weighted by Crippen LogP contribution is -2.07. The average molecular weight is 328 g/mol. The van der Waals surface area contributed by atoms with Crippen molar-refractivity contribution in [3.05, 3.63) is 49.2 Å². The van der Waals surface area contributed by atoms with E-state index in [9.17, 15) is 10.1 Å². The molecule has 0 aliphatic heterocycles. The summed E-state index contributed by atoms with van der Waals surface area (Å²) in [5.41, 5.74) is 1.13. The number of nitro groups is 1. The van der Waals surface area contributed by atoms with Gasteiger partial charge in [-0.1, -0.05) is 0 Å². The monoisotopic (exact) mass is 327 g/mol. The molecule has 0 radical (unpaired) electrons. The van der Waals surface area contributed by atoms with Gasteiger partial charge in [-0.05, 0) is 45.2 Å². The van der Waals surface area contributed by atoms with E-state index in [4.69, 9.17) is 0 Å². The molecule has 2 rings (SSSR count). The molecule has 2 heterocycles. The van der Waals surface area contributed by atoms with Crippen LogP contribution in [0, 0.1) is 10.1 Å². The minimum atomic E-state index is -0.468. The second-order valence-electron chi connectivity index (χ2n) is 3.70. The maximum absolute atomic E-state index is 10.6. The standard InChI is InChI=1S/C11H10BrN3O2S/c1-7(8-2-3-18-6-8)14-11-10(12)4-9(5-13-11)15(16)17/h2-7H,1H3,(H,13,14). The van der Waals surface area contributed by atoms with Crippen LogP contribution in [0.4, 0.5) is 11.5 Å². The van der Waals surface area contributed by atoms with Crippen molar-refractivity contribution in [2.75, 3.05) is 5.32 Å². The number of nitrogens with one attached hydrogen (secondary N) is 1. The molecule has 2 aromatic heterocycles. The van der Waals surface area contributed by atoms with E-state index in [0.29, 0.717) is 10.3 Å². The van der Waals surface area contributed by atoms with Gasteiger partial charge in [0, 0.05) is 6.07 Å². The fraction of sp³-hybridized carbons (Fsp3) is 0.182. The van der Waals surface area contributed by atoms with Crippen LogP contribution in [-0.4, -0.2) is 9.91 Å². The van der Waals surface area contributed by atoms with Crippen molar-refractivity contribution >= 4 is 38.8 Å². The topological polar surface area (TPSA) is 68.1 Å². The van der Waals surface area contributed by atoms with Gasteiger partial charge in [0.05, 0.1) is 15.4 Å². The number of halogens is 1.